The summed E-state index contributed by atoms with van der Waals surface area (Å²) in [6.45, 7) is 7.63. The number of guanidine groups is 1. The SMILES string of the molecule is CC=CCCN=C(NCC)N1CCC(O)CC1. The molecule has 4 heteroatoms. The Bertz CT molecular complexity index is 255. The Labute approximate surface area is 104 Å². The number of rotatable bonds is 4. The van der Waals surface area contributed by atoms with E-state index in [0.29, 0.717) is 0 Å². The molecule has 0 atom stereocenters. The van der Waals surface area contributed by atoms with E-state index < -0.39 is 0 Å². The van der Waals surface area contributed by atoms with Crippen molar-refractivity contribution in [3.63, 3.8) is 0 Å². The van der Waals surface area contributed by atoms with Crippen molar-refractivity contribution in [3.05, 3.63) is 12.2 Å². The van der Waals surface area contributed by atoms with Crippen molar-refractivity contribution in [2.45, 2.75) is 39.2 Å². The number of allylic oxidation sites excluding steroid dienone is 1. The van der Waals surface area contributed by atoms with Crippen LogP contribution in [-0.2, 0) is 0 Å². The minimum absolute atomic E-state index is 0.128. The van der Waals surface area contributed by atoms with E-state index in [-0.39, 0.29) is 6.10 Å². The minimum atomic E-state index is -0.128. The number of aliphatic hydroxyl groups excluding tert-OH is 1. The molecule has 1 fully saturated rings. The van der Waals surface area contributed by atoms with E-state index in [1.165, 1.54) is 0 Å². The number of nitrogens with zero attached hydrogens (tertiary/aromatic N) is 2. The highest BCUT2D eigenvalue weighted by atomic mass is 16.3. The van der Waals surface area contributed by atoms with E-state index in [1.54, 1.807) is 0 Å². The summed E-state index contributed by atoms with van der Waals surface area (Å²) in [6, 6.07) is 0. The molecule has 0 aliphatic carbocycles. The maximum Gasteiger partial charge on any atom is 0.193 e. The lowest BCUT2D eigenvalue weighted by atomic mass is 10.1. The second-order valence-electron chi connectivity index (χ2n) is 4.31. The van der Waals surface area contributed by atoms with E-state index in [0.717, 1.165) is 51.4 Å². The van der Waals surface area contributed by atoms with Gasteiger partial charge in [-0.15, -0.1) is 0 Å². The molecule has 0 spiro atoms. The topological polar surface area (TPSA) is 47.9 Å². The molecule has 0 bridgehead atoms. The van der Waals surface area contributed by atoms with E-state index in [9.17, 15) is 5.11 Å². The number of nitrogens with one attached hydrogen (secondary N) is 1. The quantitative estimate of drug-likeness (QED) is 0.337. The van der Waals surface area contributed by atoms with E-state index in [1.807, 2.05) is 6.92 Å². The van der Waals surface area contributed by atoms with E-state index in [4.69, 9.17) is 0 Å². The number of aliphatic imine (C=N–C) groups is 1. The van der Waals surface area contributed by atoms with Gasteiger partial charge in [0.1, 0.15) is 0 Å². The van der Waals surface area contributed by atoms with Gasteiger partial charge in [-0.05, 0) is 33.1 Å². The van der Waals surface area contributed by atoms with Crippen LogP contribution < -0.4 is 5.32 Å². The molecule has 0 unspecified atom stereocenters. The van der Waals surface area contributed by atoms with E-state index >= 15 is 0 Å². The van der Waals surface area contributed by atoms with Crippen LogP contribution in [0.5, 0.6) is 0 Å². The Morgan fingerprint density at radius 3 is 2.76 bits per heavy atom. The maximum absolute atomic E-state index is 9.49. The second kappa shape index (κ2) is 8.12. The molecule has 0 aromatic rings. The van der Waals surface area contributed by atoms with Gasteiger partial charge >= 0.3 is 0 Å². The lowest BCUT2D eigenvalue weighted by Gasteiger charge is -2.32. The number of piperidine rings is 1. The Morgan fingerprint density at radius 2 is 2.18 bits per heavy atom. The van der Waals surface area contributed by atoms with Gasteiger partial charge in [-0.3, -0.25) is 4.99 Å². The van der Waals surface area contributed by atoms with Gasteiger partial charge < -0.3 is 15.3 Å². The molecule has 1 rings (SSSR count). The van der Waals surface area contributed by atoms with Crippen LogP contribution in [0.2, 0.25) is 0 Å². The average molecular weight is 239 g/mol. The van der Waals surface area contributed by atoms with Crippen molar-refractivity contribution < 1.29 is 5.11 Å². The Hall–Kier alpha value is -1.03. The molecular weight excluding hydrogens is 214 g/mol. The molecule has 2 N–H and O–H groups in total. The number of hydrogen-bond acceptors (Lipinski definition) is 2. The molecule has 0 aromatic carbocycles. The Morgan fingerprint density at radius 1 is 1.47 bits per heavy atom. The highest BCUT2D eigenvalue weighted by molar-refractivity contribution is 5.80. The molecule has 1 aliphatic heterocycles. The molecule has 0 aromatic heterocycles. The van der Waals surface area contributed by atoms with Crippen molar-refractivity contribution in [2.75, 3.05) is 26.2 Å². The smallest absolute Gasteiger partial charge is 0.193 e. The summed E-state index contributed by atoms with van der Waals surface area (Å²) < 4.78 is 0. The number of aliphatic hydroxyl groups is 1. The fourth-order valence-corrected chi connectivity index (χ4v) is 1.92. The van der Waals surface area contributed by atoms with Gasteiger partial charge in [0.05, 0.1) is 6.10 Å². The third kappa shape index (κ3) is 5.22. The zero-order valence-electron chi connectivity index (χ0n) is 11.0. The van der Waals surface area contributed by atoms with Crippen LogP contribution in [0.15, 0.2) is 17.1 Å². The highest BCUT2D eigenvalue weighted by Crippen LogP contribution is 2.09. The van der Waals surface area contributed by atoms with Gasteiger partial charge in [-0.1, -0.05) is 12.2 Å². The molecular formula is C13H25N3O. The molecule has 0 saturated carbocycles. The van der Waals surface area contributed by atoms with Gasteiger partial charge in [0, 0.05) is 26.2 Å². The lowest BCUT2D eigenvalue weighted by molar-refractivity contribution is 0.108. The molecule has 1 aliphatic rings. The van der Waals surface area contributed by atoms with Crippen molar-refractivity contribution >= 4 is 5.96 Å². The van der Waals surface area contributed by atoms with Gasteiger partial charge in [-0.25, -0.2) is 0 Å². The summed E-state index contributed by atoms with van der Waals surface area (Å²) in [6.07, 6.45) is 6.74. The predicted molar refractivity (Wildman–Crippen MR) is 72.2 cm³/mol. The first-order chi connectivity index (χ1) is 8.27. The Kier molecular flexibility index (Phi) is 6.70. The summed E-state index contributed by atoms with van der Waals surface area (Å²) in [7, 11) is 0. The van der Waals surface area contributed by atoms with Crippen LogP contribution in [0.1, 0.15) is 33.1 Å². The Balaban J connectivity index is 2.46. The van der Waals surface area contributed by atoms with Crippen LogP contribution in [0, 0.1) is 0 Å². The summed E-state index contributed by atoms with van der Waals surface area (Å²) in [4.78, 5) is 6.84. The van der Waals surface area contributed by atoms with Crippen LogP contribution in [0.25, 0.3) is 0 Å². The van der Waals surface area contributed by atoms with Gasteiger partial charge in [0.25, 0.3) is 0 Å². The van der Waals surface area contributed by atoms with Crippen molar-refractivity contribution in [1.82, 2.24) is 10.2 Å². The fraction of sp³-hybridized carbons (Fsp3) is 0.769. The van der Waals surface area contributed by atoms with Crippen molar-refractivity contribution in [2.24, 2.45) is 4.99 Å². The van der Waals surface area contributed by atoms with Crippen LogP contribution in [0.4, 0.5) is 0 Å². The van der Waals surface area contributed by atoms with Crippen LogP contribution in [0.3, 0.4) is 0 Å². The number of likely N-dealkylation sites (tertiary alicyclic amines) is 1. The summed E-state index contributed by atoms with van der Waals surface area (Å²) in [5, 5.41) is 12.8. The zero-order chi connectivity index (χ0) is 12.5. The summed E-state index contributed by atoms with van der Waals surface area (Å²) in [5.41, 5.74) is 0. The summed E-state index contributed by atoms with van der Waals surface area (Å²) >= 11 is 0. The zero-order valence-corrected chi connectivity index (χ0v) is 11.0. The van der Waals surface area contributed by atoms with E-state index in [2.05, 4.69) is 34.3 Å². The second-order valence-corrected chi connectivity index (χ2v) is 4.31. The average Bonchev–Trinajstić information content (AvgIpc) is 2.34. The van der Waals surface area contributed by atoms with Crippen LogP contribution >= 0.6 is 0 Å². The fourth-order valence-electron chi connectivity index (χ4n) is 1.92. The monoisotopic (exact) mass is 239 g/mol. The predicted octanol–water partition coefficient (Wildman–Crippen LogP) is 1.37. The molecule has 4 nitrogen and oxygen atoms in total. The minimum Gasteiger partial charge on any atom is -0.393 e. The van der Waals surface area contributed by atoms with Gasteiger partial charge in [-0.2, -0.15) is 0 Å². The molecule has 0 amide bonds. The van der Waals surface area contributed by atoms with Crippen molar-refractivity contribution in [1.29, 1.82) is 0 Å². The third-order valence-electron chi connectivity index (χ3n) is 2.89. The first-order valence-corrected chi connectivity index (χ1v) is 6.60. The molecule has 0 radical (unpaired) electrons. The first kappa shape index (κ1) is 14.0. The molecule has 1 heterocycles. The van der Waals surface area contributed by atoms with Crippen molar-refractivity contribution in [3.8, 4) is 0 Å². The number of hydrogen-bond donors (Lipinski definition) is 2. The normalized spacial score (nSPS) is 19.0. The molecule has 1 saturated heterocycles. The lowest BCUT2D eigenvalue weighted by Crippen LogP contribution is -2.46. The highest BCUT2D eigenvalue weighted by Gasteiger charge is 2.19. The third-order valence-corrected chi connectivity index (χ3v) is 2.89. The molecule has 17 heavy (non-hydrogen) atoms. The van der Waals surface area contributed by atoms with Gasteiger partial charge in [0.2, 0.25) is 0 Å². The van der Waals surface area contributed by atoms with Crippen LogP contribution in [-0.4, -0.2) is 48.2 Å². The first-order valence-electron chi connectivity index (χ1n) is 6.60. The largest absolute Gasteiger partial charge is 0.393 e. The summed E-state index contributed by atoms with van der Waals surface area (Å²) in [5.74, 6) is 0.990. The maximum atomic E-state index is 9.49. The van der Waals surface area contributed by atoms with Gasteiger partial charge in [0.15, 0.2) is 5.96 Å². The standard InChI is InChI=1S/C13H25N3O/c1-3-5-6-9-15-13(14-4-2)16-10-7-12(17)8-11-16/h3,5,12,17H,4,6-11H2,1-2H3,(H,14,15). The molecule has 98 valence electrons.